The average molecular weight is 277 g/mol. The van der Waals surface area contributed by atoms with Gasteiger partial charge in [0.05, 0.1) is 5.92 Å². The molecule has 1 N–H and O–H groups in total. The highest BCUT2D eigenvalue weighted by atomic mass is 19.4. The van der Waals surface area contributed by atoms with Gasteiger partial charge in [-0.05, 0) is 45.6 Å². The topological polar surface area (TPSA) is 12.0 Å². The van der Waals surface area contributed by atoms with Crippen LogP contribution in [-0.2, 0) is 0 Å². The van der Waals surface area contributed by atoms with E-state index in [9.17, 15) is 13.2 Å². The molecular weight excluding hydrogens is 251 g/mol. The molecular formula is C15H26F3N. The summed E-state index contributed by atoms with van der Waals surface area (Å²) in [7, 11) is 0. The van der Waals surface area contributed by atoms with Crippen LogP contribution in [0, 0.1) is 11.8 Å². The van der Waals surface area contributed by atoms with Crippen LogP contribution in [0.25, 0.3) is 0 Å². The summed E-state index contributed by atoms with van der Waals surface area (Å²) < 4.78 is 39.5. The van der Waals surface area contributed by atoms with Crippen molar-refractivity contribution in [3.05, 3.63) is 11.6 Å². The third-order valence-electron chi connectivity index (χ3n) is 3.84. The van der Waals surface area contributed by atoms with Gasteiger partial charge in [-0.2, -0.15) is 13.2 Å². The molecule has 1 saturated carbocycles. The lowest BCUT2D eigenvalue weighted by Crippen LogP contribution is -2.45. The van der Waals surface area contributed by atoms with Gasteiger partial charge in [-0.25, -0.2) is 0 Å². The summed E-state index contributed by atoms with van der Waals surface area (Å²) in [6.07, 6.45) is 1.44. The van der Waals surface area contributed by atoms with Crippen LogP contribution in [0.2, 0.25) is 0 Å². The molecule has 1 fully saturated rings. The molecule has 3 atom stereocenters. The molecule has 1 nitrogen and oxygen atoms in total. The number of alkyl halides is 3. The predicted molar refractivity (Wildman–Crippen MR) is 73.0 cm³/mol. The van der Waals surface area contributed by atoms with Crippen molar-refractivity contribution in [2.24, 2.45) is 11.8 Å². The van der Waals surface area contributed by atoms with Gasteiger partial charge in [-0.15, -0.1) is 0 Å². The maximum Gasteiger partial charge on any atom is 0.392 e. The quantitative estimate of drug-likeness (QED) is 0.719. The Morgan fingerprint density at radius 2 is 1.89 bits per heavy atom. The first-order valence-corrected chi connectivity index (χ1v) is 7.31. The Bertz CT molecular complexity index is 292. The summed E-state index contributed by atoms with van der Waals surface area (Å²) in [5, 5.41) is 3.30. The SMILES string of the molecule is CCCNC(C=C(C)C)C1CCCCC1C(F)(F)F. The molecule has 19 heavy (non-hydrogen) atoms. The summed E-state index contributed by atoms with van der Waals surface area (Å²) in [5.74, 6) is -1.46. The molecule has 0 spiro atoms. The van der Waals surface area contributed by atoms with Gasteiger partial charge < -0.3 is 5.32 Å². The maximum atomic E-state index is 13.2. The molecule has 0 saturated heterocycles. The first-order chi connectivity index (χ1) is 8.86. The Kier molecular flexibility index (Phi) is 6.37. The van der Waals surface area contributed by atoms with Gasteiger partial charge >= 0.3 is 6.18 Å². The maximum absolute atomic E-state index is 13.2. The van der Waals surface area contributed by atoms with E-state index in [1.54, 1.807) is 0 Å². The minimum Gasteiger partial charge on any atom is -0.310 e. The fourth-order valence-electron chi connectivity index (χ4n) is 3.00. The molecule has 0 aliphatic heterocycles. The van der Waals surface area contributed by atoms with Crippen LogP contribution in [0.1, 0.15) is 52.9 Å². The Morgan fingerprint density at radius 3 is 2.42 bits per heavy atom. The Labute approximate surface area is 114 Å². The Balaban J connectivity index is 2.86. The van der Waals surface area contributed by atoms with Gasteiger partial charge in [0.25, 0.3) is 0 Å². The molecule has 0 aromatic rings. The van der Waals surface area contributed by atoms with Gasteiger partial charge in [0, 0.05) is 6.04 Å². The van der Waals surface area contributed by atoms with Crippen LogP contribution in [0.15, 0.2) is 11.6 Å². The van der Waals surface area contributed by atoms with E-state index >= 15 is 0 Å². The van der Waals surface area contributed by atoms with E-state index < -0.39 is 12.1 Å². The highest BCUT2D eigenvalue weighted by Gasteiger charge is 2.47. The van der Waals surface area contributed by atoms with Crippen LogP contribution >= 0.6 is 0 Å². The number of halogens is 3. The third-order valence-corrected chi connectivity index (χ3v) is 3.84. The van der Waals surface area contributed by atoms with E-state index in [1.807, 2.05) is 26.8 Å². The highest BCUT2D eigenvalue weighted by molar-refractivity contribution is 5.05. The summed E-state index contributed by atoms with van der Waals surface area (Å²) in [6.45, 7) is 6.71. The van der Waals surface area contributed by atoms with Crippen molar-refractivity contribution in [3.8, 4) is 0 Å². The fraction of sp³-hybridized carbons (Fsp3) is 0.867. The second-order valence-corrected chi connectivity index (χ2v) is 5.82. The zero-order valence-electron chi connectivity index (χ0n) is 12.2. The van der Waals surface area contributed by atoms with E-state index in [0.717, 1.165) is 25.0 Å². The van der Waals surface area contributed by atoms with E-state index in [2.05, 4.69) is 5.32 Å². The van der Waals surface area contributed by atoms with Gasteiger partial charge in [-0.1, -0.05) is 31.4 Å². The summed E-state index contributed by atoms with van der Waals surface area (Å²) in [6, 6.07) is -0.142. The van der Waals surface area contributed by atoms with Crippen LogP contribution in [0.5, 0.6) is 0 Å². The molecule has 0 radical (unpaired) electrons. The Morgan fingerprint density at radius 1 is 1.26 bits per heavy atom. The molecule has 3 unspecified atom stereocenters. The second kappa shape index (κ2) is 7.32. The Hall–Kier alpha value is -0.510. The van der Waals surface area contributed by atoms with Gasteiger partial charge in [0.2, 0.25) is 0 Å². The van der Waals surface area contributed by atoms with E-state index in [-0.39, 0.29) is 18.4 Å². The molecule has 1 rings (SSSR count). The minimum absolute atomic E-state index is 0.142. The minimum atomic E-state index is -4.06. The molecule has 4 heteroatoms. The number of hydrogen-bond acceptors (Lipinski definition) is 1. The highest BCUT2D eigenvalue weighted by Crippen LogP contribution is 2.43. The predicted octanol–water partition coefficient (Wildman–Crippen LogP) is 4.69. The van der Waals surface area contributed by atoms with Crippen molar-refractivity contribution in [2.75, 3.05) is 6.54 Å². The van der Waals surface area contributed by atoms with Gasteiger partial charge in [0.1, 0.15) is 0 Å². The lowest BCUT2D eigenvalue weighted by Gasteiger charge is -2.37. The van der Waals surface area contributed by atoms with E-state index in [4.69, 9.17) is 0 Å². The van der Waals surface area contributed by atoms with Crippen molar-refractivity contribution in [1.29, 1.82) is 0 Å². The standard InChI is InChI=1S/C15H26F3N/c1-4-9-19-14(10-11(2)3)12-7-5-6-8-13(12)15(16,17)18/h10,12-14,19H,4-9H2,1-3H3. The molecule has 0 aromatic heterocycles. The summed E-state index contributed by atoms with van der Waals surface area (Å²) in [4.78, 5) is 0. The van der Waals surface area contributed by atoms with Crippen LogP contribution in [0.4, 0.5) is 13.2 Å². The smallest absolute Gasteiger partial charge is 0.310 e. The zero-order valence-corrected chi connectivity index (χ0v) is 12.2. The molecule has 0 bridgehead atoms. The largest absolute Gasteiger partial charge is 0.392 e. The molecule has 1 aliphatic carbocycles. The molecule has 1 aliphatic rings. The van der Waals surface area contributed by atoms with Crippen molar-refractivity contribution < 1.29 is 13.2 Å². The number of hydrogen-bond donors (Lipinski definition) is 1. The van der Waals surface area contributed by atoms with Crippen molar-refractivity contribution >= 4 is 0 Å². The summed E-state index contributed by atoms with van der Waals surface area (Å²) >= 11 is 0. The van der Waals surface area contributed by atoms with E-state index in [0.29, 0.717) is 12.8 Å². The third kappa shape index (κ3) is 5.17. The number of nitrogens with one attached hydrogen (secondary N) is 1. The van der Waals surface area contributed by atoms with Crippen LogP contribution in [-0.4, -0.2) is 18.8 Å². The fourth-order valence-corrected chi connectivity index (χ4v) is 3.00. The van der Waals surface area contributed by atoms with Crippen molar-refractivity contribution in [1.82, 2.24) is 5.32 Å². The number of rotatable bonds is 5. The van der Waals surface area contributed by atoms with Gasteiger partial charge in [-0.3, -0.25) is 0 Å². The van der Waals surface area contributed by atoms with E-state index in [1.165, 1.54) is 0 Å². The molecule has 0 heterocycles. The van der Waals surface area contributed by atoms with Gasteiger partial charge in [0.15, 0.2) is 0 Å². The average Bonchev–Trinajstić information content (AvgIpc) is 2.33. The lowest BCUT2D eigenvalue weighted by atomic mass is 9.74. The van der Waals surface area contributed by atoms with Crippen molar-refractivity contribution in [3.63, 3.8) is 0 Å². The zero-order chi connectivity index (χ0) is 14.5. The molecule has 112 valence electrons. The van der Waals surface area contributed by atoms with Crippen molar-refractivity contribution in [2.45, 2.75) is 65.1 Å². The monoisotopic (exact) mass is 277 g/mol. The summed E-state index contributed by atoms with van der Waals surface area (Å²) in [5.41, 5.74) is 1.08. The second-order valence-electron chi connectivity index (χ2n) is 5.82. The lowest BCUT2D eigenvalue weighted by molar-refractivity contribution is -0.198. The first kappa shape index (κ1) is 16.5. The van der Waals surface area contributed by atoms with Crippen LogP contribution < -0.4 is 5.32 Å². The van der Waals surface area contributed by atoms with Crippen LogP contribution in [0.3, 0.4) is 0 Å². The normalized spacial score (nSPS) is 26.0. The molecule has 0 aromatic carbocycles. The first-order valence-electron chi connectivity index (χ1n) is 7.31. The number of allylic oxidation sites excluding steroid dienone is 1. The molecule has 0 amide bonds.